The first-order valence-electron chi connectivity index (χ1n) is 8.71. The number of amides is 1. The van der Waals surface area contributed by atoms with Gasteiger partial charge in [-0.15, -0.1) is 0 Å². The third-order valence-corrected chi connectivity index (χ3v) is 4.63. The topological polar surface area (TPSA) is 69.0 Å². The van der Waals surface area contributed by atoms with Crippen LogP contribution < -0.4 is 10.1 Å². The third-order valence-electron chi connectivity index (χ3n) is 4.63. The number of carbonyl (C=O) groups excluding carboxylic acids is 1. The van der Waals surface area contributed by atoms with E-state index in [2.05, 4.69) is 15.4 Å². The molecule has 26 heavy (non-hydrogen) atoms. The van der Waals surface area contributed by atoms with Crippen molar-refractivity contribution in [2.75, 3.05) is 6.61 Å². The summed E-state index contributed by atoms with van der Waals surface area (Å²) < 4.78 is 7.41. The lowest BCUT2D eigenvalue weighted by Crippen LogP contribution is -2.36. The Balaban J connectivity index is 1.57. The van der Waals surface area contributed by atoms with Crippen molar-refractivity contribution in [3.63, 3.8) is 0 Å². The van der Waals surface area contributed by atoms with Crippen molar-refractivity contribution >= 4 is 5.91 Å². The maximum atomic E-state index is 13.1. The van der Waals surface area contributed by atoms with Crippen LogP contribution in [0.15, 0.2) is 67.3 Å². The third kappa shape index (κ3) is 3.44. The minimum atomic E-state index is -0.207. The van der Waals surface area contributed by atoms with Gasteiger partial charge in [-0.25, -0.2) is 4.98 Å². The normalized spacial score (nSPS) is 17.0. The Morgan fingerprint density at radius 2 is 2.00 bits per heavy atom. The molecule has 2 atom stereocenters. The zero-order valence-electron chi connectivity index (χ0n) is 14.3. The van der Waals surface area contributed by atoms with Gasteiger partial charge >= 0.3 is 0 Å². The van der Waals surface area contributed by atoms with E-state index < -0.39 is 0 Å². The second-order valence-electron chi connectivity index (χ2n) is 6.32. The fraction of sp³-hybridized carbons (Fsp3) is 0.250. The molecule has 1 aromatic heterocycles. The molecule has 0 fully saturated rings. The molecular formula is C20H20N4O2. The van der Waals surface area contributed by atoms with E-state index in [1.165, 1.54) is 6.33 Å². The second kappa shape index (κ2) is 7.39. The lowest BCUT2D eigenvalue weighted by atomic mass is 9.91. The lowest BCUT2D eigenvalue weighted by Gasteiger charge is -2.27. The first-order valence-corrected chi connectivity index (χ1v) is 8.71. The Morgan fingerprint density at radius 1 is 1.19 bits per heavy atom. The van der Waals surface area contributed by atoms with Crippen LogP contribution in [0.1, 0.15) is 29.5 Å². The smallest absolute Gasteiger partial charge is 0.228 e. The number of hydrogen-bond donors (Lipinski definition) is 1. The van der Waals surface area contributed by atoms with Gasteiger partial charge in [-0.3, -0.25) is 9.48 Å². The molecule has 0 bridgehead atoms. The fourth-order valence-electron chi connectivity index (χ4n) is 3.32. The Morgan fingerprint density at radius 3 is 2.81 bits per heavy atom. The number of ether oxygens (including phenoxy) is 1. The molecule has 1 aliphatic heterocycles. The number of benzene rings is 2. The standard InChI is InChI=1S/C20H20N4O2/c25-20(17-10-11-26-19-9-5-4-8-16(17)19)23-18(12-24-14-21-13-22-24)15-6-2-1-3-7-15/h1-9,13-14,17-18H,10-12H2,(H,23,25)/t17-,18+/m1/s1. The lowest BCUT2D eigenvalue weighted by molar-refractivity contribution is -0.124. The number of para-hydroxylation sites is 1. The van der Waals surface area contributed by atoms with E-state index in [4.69, 9.17) is 4.74 Å². The van der Waals surface area contributed by atoms with Crippen molar-refractivity contribution < 1.29 is 9.53 Å². The molecule has 132 valence electrons. The van der Waals surface area contributed by atoms with Gasteiger partial charge in [-0.2, -0.15) is 5.10 Å². The molecule has 1 aliphatic rings. The molecule has 2 heterocycles. The van der Waals surface area contributed by atoms with Crippen LogP contribution in [0.3, 0.4) is 0 Å². The van der Waals surface area contributed by atoms with Crippen molar-refractivity contribution in [3.05, 3.63) is 78.4 Å². The van der Waals surface area contributed by atoms with Gasteiger partial charge in [-0.1, -0.05) is 48.5 Å². The van der Waals surface area contributed by atoms with Crippen molar-refractivity contribution in [3.8, 4) is 5.75 Å². The van der Waals surface area contributed by atoms with Crippen LogP contribution >= 0.6 is 0 Å². The predicted octanol–water partition coefficient (Wildman–Crippen LogP) is 2.70. The predicted molar refractivity (Wildman–Crippen MR) is 96.6 cm³/mol. The minimum absolute atomic E-state index is 0.00900. The first kappa shape index (κ1) is 16.3. The Bertz CT molecular complexity index is 865. The summed E-state index contributed by atoms with van der Waals surface area (Å²) in [5.74, 6) is 0.600. The molecule has 2 aromatic carbocycles. The minimum Gasteiger partial charge on any atom is -0.493 e. The molecule has 6 heteroatoms. The molecule has 0 radical (unpaired) electrons. The van der Waals surface area contributed by atoms with Crippen molar-refractivity contribution in [1.29, 1.82) is 0 Å². The highest BCUT2D eigenvalue weighted by Gasteiger charge is 2.29. The molecule has 0 aliphatic carbocycles. The van der Waals surface area contributed by atoms with Crippen molar-refractivity contribution in [2.24, 2.45) is 0 Å². The largest absolute Gasteiger partial charge is 0.493 e. The van der Waals surface area contributed by atoms with Gasteiger partial charge in [0.1, 0.15) is 18.4 Å². The Labute approximate surface area is 151 Å². The SMILES string of the molecule is O=C(N[C@@H](Cn1cncn1)c1ccccc1)[C@@H]1CCOc2ccccc21. The molecule has 0 saturated carbocycles. The number of hydrogen-bond acceptors (Lipinski definition) is 4. The van der Waals surface area contributed by atoms with Crippen LogP contribution in [0.4, 0.5) is 0 Å². The summed E-state index contributed by atoms with van der Waals surface area (Å²) >= 11 is 0. The van der Waals surface area contributed by atoms with Crippen molar-refractivity contribution in [1.82, 2.24) is 20.1 Å². The Kier molecular flexibility index (Phi) is 4.64. The van der Waals surface area contributed by atoms with Crippen LogP contribution in [0, 0.1) is 0 Å². The van der Waals surface area contributed by atoms with Gasteiger partial charge < -0.3 is 10.1 Å². The summed E-state index contributed by atoms with van der Waals surface area (Å²) in [6.45, 7) is 1.08. The average Bonchev–Trinajstić information content (AvgIpc) is 3.21. The summed E-state index contributed by atoms with van der Waals surface area (Å²) in [5, 5.41) is 7.37. The fourth-order valence-corrected chi connectivity index (χ4v) is 3.32. The molecule has 0 saturated heterocycles. The number of nitrogens with one attached hydrogen (secondary N) is 1. The maximum Gasteiger partial charge on any atom is 0.228 e. The zero-order chi connectivity index (χ0) is 17.8. The monoisotopic (exact) mass is 348 g/mol. The molecule has 0 spiro atoms. The molecule has 0 unspecified atom stereocenters. The van der Waals surface area contributed by atoms with Crippen LogP contribution in [-0.4, -0.2) is 27.3 Å². The van der Waals surface area contributed by atoms with Crippen molar-refractivity contribution in [2.45, 2.75) is 24.9 Å². The van der Waals surface area contributed by atoms with Gasteiger partial charge in [0.2, 0.25) is 5.91 Å². The van der Waals surface area contributed by atoms with E-state index in [0.717, 1.165) is 16.9 Å². The van der Waals surface area contributed by atoms with E-state index in [1.54, 1.807) is 11.0 Å². The number of fused-ring (bicyclic) bond motifs is 1. The number of rotatable bonds is 5. The van der Waals surface area contributed by atoms with Gasteiger partial charge in [0.15, 0.2) is 0 Å². The quantitative estimate of drug-likeness (QED) is 0.770. The number of aromatic nitrogens is 3. The molecule has 6 nitrogen and oxygen atoms in total. The zero-order valence-corrected chi connectivity index (χ0v) is 14.3. The molecule has 1 N–H and O–H groups in total. The molecule has 1 amide bonds. The number of carbonyl (C=O) groups is 1. The highest BCUT2D eigenvalue weighted by Crippen LogP contribution is 2.34. The highest BCUT2D eigenvalue weighted by molar-refractivity contribution is 5.85. The van der Waals surface area contributed by atoms with Gasteiger partial charge in [0, 0.05) is 5.56 Å². The van der Waals surface area contributed by atoms with E-state index in [0.29, 0.717) is 19.6 Å². The van der Waals surface area contributed by atoms with Gasteiger partial charge in [0.25, 0.3) is 0 Å². The summed E-state index contributed by atoms with van der Waals surface area (Å²) in [6, 6.07) is 17.5. The van der Waals surface area contributed by atoms with Crippen LogP contribution in [0.2, 0.25) is 0 Å². The average molecular weight is 348 g/mol. The number of nitrogens with zero attached hydrogens (tertiary/aromatic N) is 3. The first-order chi connectivity index (χ1) is 12.8. The summed E-state index contributed by atoms with van der Waals surface area (Å²) in [5.41, 5.74) is 1.99. The van der Waals surface area contributed by atoms with Crippen LogP contribution in [0.5, 0.6) is 5.75 Å². The van der Waals surface area contributed by atoms with Crippen LogP contribution in [0.25, 0.3) is 0 Å². The van der Waals surface area contributed by atoms with Crippen LogP contribution in [-0.2, 0) is 11.3 Å². The highest BCUT2D eigenvalue weighted by atomic mass is 16.5. The van der Waals surface area contributed by atoms with E-state index >= 15 is 0 Å². The second-order valence-corrected chi connectivity index (χ2v) is 6.32. The molecule has 3 aromatic rings. The van der Waals surface area contributed by atoms with Gasteiger partial charge in [0.05, 0.1) is 25.1 Å². The summed E-state index contributed by atoms with van der Waals surface area (Å²) in [4.78, 5) is 17.1. The van der Waals surface area contributed by atoms with E-state index in [-0.39, 0.29) is 17.9 Å². The molecule has 4 rings (SSSR count). The van der Waals surface area contributed by atoms with Gasteiger partial charge in [-0.05, 0) is 18.1 Å². The summed E-state index contributed by atoms with van der Waals surface area (Å²) in [7, 11) is 0. The van der Waals surface area contributed by atoms with E-state index in [1.807, 2.05) is 54.6 Å². The molecular weight excluding hydrogens is 328 g/mol. The maximum absolute atomic E-state index is 13.1. The summed E-state index contributed by atoms with van der Waals surface area (Å²) in [6.07, 6.45) is 3.83. The van der Waals surface area contributed by atoms with E-state index in [9.17, 15) is 4.79 Å². The Hall–Kier alpha value is -3.15.